The quantitative estimate of drug-likeness (QED) is 0.589. The van der Waals surface area contributed by atoms with E-state index in [1.807, 2.05) is 47.1 Å². The highest BCUT2D eigenvalue weighted by atomic mass is 16.4. The summed E-state index contributed by atoms with van der Waals surface area (Å²) in [6, 6.07) is 15.5. The maximum Gasteiger partial charge on any atom is 0.336 e. The van der Waals surface area contributed by atoms with Gasteiger partial charge in [-0.1, -0.05) is 56.3 Å². The third-order valence-electron chi connectivity index (χ3n) is 4.99. The first kappa shape index (κ1) is 19.8. The van der Waals surface area contributed by atoms with Gasteiger partial charge in [-0.15, -0.1) is 0 Å². The van der Waals surface area contributed by atoms with Gasteiger partial charge in [-0.3, -0.25) is 0 Å². The monoisotopic (exact) mass is 377 g/mol. The van der Waals surface area contributed by atoms with E-state index in [1.165, 1.54) is 0 Å². The molecule has 0 saturated heterocycles. The van der Waals surface area contributed by atoms with Gasteiger partial charge in [-0.05, 0) is 42.5 Å². The smallest absolute Gasteiger partial charge is 0.336 e. The molecule has 0 aliphatic rings. The molecule has 1 aromatic heterocycles. The third kappa shape index (κ3) is 4.30. The van der Waals surface area contributed by atoms with E-state index in [4.69, 9.17) is 4.98 Å². The molecule has 1 heterocycles. The van der Waals surface area contributed by atoms with Crippen LogP contribution in [0.1, 0.15) is 67.2 Å². The van der Waals surface area contributed by atoms with Gasteiger partial charge in [0.1, 0.15) is 5.82 Å². The lowest BCUT2D eigenvalue weighted by Crippen LogP contribution is -2.11. The van der Waals surface area contributed by atoms with Crippen LogP contribution < -0.4 is 0 Å². The van der Waals surface area contributed by atoms with Crippen LogP contribution in [-0.2, 0) is 12.8 Å². The summed E-state index contributed by atoms with van der Waals surface area (Å²) in [4.78, 5) is 16.6. The Labute approximate surface area is 166 Å². The molecular formula is C23H27N3O2. The van der Waals surface area contributed by atoms with Crippen LogP contribution in [-0.4, -0.2) is 25.8 Å². The topological polar surface area (TPSA) is 68.0 Å². The summed E-state index contributed by atoms with van der Waals surface area (Å²) in [7, 11) is 0. The van der Waals surface area contributed by atoms with Crippen molar-refractivity contribution in [2.75, 3.05) is 0 Å². The van der Waals surface area contributed by atoms with Crippen molar-refractivity contribution >= 4 is 5.97 Å². The Bertz CT molecular complexity index is 948. The molecule has 5 nitrogen and oxygen atoms in total. The van der Waals surface area contributed by atoms with E-state index in [2.05, 4.69) is 25.9 Å². The lowest BCUT2D eigenvalue weighted by atomic mass is 9.96. The molecule has 2 aromatic carbocycles. The Balaban J connectivity index is 1.97. The lowest BCUT2D eigenvalue weighted by Gasteiger charge is -2.13. The molecule has 0 bridgehead atoms. The van der Waals surface area contributed by atoms with Crippen molar-refractivity contribution in [1.29, 1.82) is 0 Å². The van der Waals surface area contributed by atoms with E-state index < -0.39 is 5.97 Å². The molecule has 1 N–H and O–H groups in total. The molecular weight excluding hydrogens is 350 g/mol. The molecule has 0 amide bonds. The largest absolute Gasteiger partial charge is 0.478 e. The highest BCUT2D eigenvalue weighted by molar-refractivity contribution is 5.96. The van der Waals surface area contributed by atoms with Gasteiger partial charge in [-0.2, -0.15) is 5.10 Å². The van der Waals surface area contributed by atoms with Gasteiger partial charge in [0.15, 0.2) is 5.82 Å². The van der Waals surface area contributed by atoms with Gasteiger partial charge < -0.3 is 5.11 Å². The maximum atomic E-state index is 11.9. The highest BCUT2D eigenvalue weighted by Gasteiger charge is 2.17. The molecule has 3 rings (SSSR count). The molecule has 0 fully saturated rings. The van der Waals surface area contributed by atoms with E-state index in [1.54, 1.807) is 6.07 Å². The van der Waals surface area contributed by atoms with E-state index in [0.717, 1.165) is 47.6 Å². The third-order valence-corrected chi connectivity index (χ3v) is 4.99. The summed E-state index contributed by atoms with van der Waals surface area (Å²) in [5.41, 5.74) is 2.87. The van der Waals surface area contributed by atoms with Crippen molar-refractivity contribution in [2.45, 2.75) is 52.5 Å². The zero-order valence-electron chi connectivity index (χ0n) is 16.7. The van der Waals surface area contributed by atoms with Crippen molar-refractivity contribution in [1.82, 2.24) is 14.8 Å². The van der Waals surface area contributed by atoms with Crippen LogP contribution in [0.5, 0.6) is 0 Å². The Kier molecular flexibility index (Phi) is 6.24. The van der Waals surface area contributed by atoms with E-state index in [0.29, 0.717) is 12.0 Å². The molecule has 1 unspecified atom stereocenters. The molecule has 0 aliphatic heterocycles. The Morgan fingerprint density at radius 2 is 1.89 bits per heavy atom. The van der Waals surface area contributed by atoms with Gasteiger partial charge >= 0.3 is 5.97 Å². The molecule has 3 aromatic rings. The summed E-state index contributed by atoms with van der Waals surface area (Å²) in [6.07, 6.45) is 3.38. The van der Waals surface area contributed by atoms with Crippen LogP contribution >= 0.6 is 0 Å². The molecule has 28 heavy (non-hydrogen) atoms. The minimum absolute atomic E-state index is 0.260. The fraction of sp³-hybridized carbons (Fsp3) is 0.348. The molecule has 0 spiro atoms. The zero-order valence-corrected chi connectivity index (χ0v) is 16.7. The predicted octanol–water partition coefficient (Wildman–Crippen LogP) is 5.16. The van der Waals surface area contributed by atoms with Crippen molar-refractivity contribution in [3.8, 4) is 11.1 Å². The number of nitrogens with zero attached hydrogens (tertiary/aromatic N) is 3. The van der Waals surface area contributed by atoms with Crippen LogP contribution in [0, 0.1) is 0 Å². The zero-order chi connectivity index (χ0) is 20.1. The van der Waals surface area contributed by atoms with E-state index >= 15 is 0 Å². The van der Waals surface area contributed by atoms with Crippen molar-refractivity contribution < 1.29 is 9.90 Å². The first-order valence-electron chi connectivity index (χ1n) is 9.89. The SMILES string of the molecule is CCCc1nc(Cc2ccc(-c3ccccc3)c(C(=O)O)c2)n(C(C)CC)n1. The van der Waals surface area contributed by atoms with Gasteiger partial charge in [0, 0.05) is 12.8 Å². The minimum Gasteiger partial charge on any atom is -0.478 e. The fourth-order valence-electron chi connectivity index (χ4n) is 3.31. The number of carbonyl (C=O) groups is 1. The summed E-state index contributed by atoms with van der Waals surface area (Å²) in [6.45, 7) is 6.38. The summed E-state index contributed by atoms with van der Waals surface area (Å²) in [5, 5.41) is 14.4. The van der Waals surface area contributed by atoms with Gasteiger partial charge in [-0.25, -0.2) is 14.5 Å². The number of carboxylic acids is 1. The second kappa shape index (κ2) is 8.83. The second-order valence-electron chi connectivity index (χ2n) is 7.12. The van der Waals surface area contributed by atoms with E-state index in [-0.39, 0.29) is 6.04 Å². The number of aromatic carboxylic acids is 1. The maximum absolute atomic E-state index is 11.9. The molecule has 0 aliphatic carbocycles. The highest BCUT2D eigenvalue weighted by Crippen LogP contribution is 2.26. The van der Waals surface area contributed by atoms with Crippen LogP contribution in [0.4, 0.5) is 0 Å². The number of carboxylic acid groups (broad SMARTS) is 1. The number of benzene rings is 2. The molecule has 0 saturated carbocycles. The predicted molar refractivity (Wildman–Crippen MR) is 111 cm³/mol. The van der Waals surface area contributed by atoms with Crippen LogP contribution in [0.15, 0.2) is 48.5 Å². The van der Waals surface area contributed by atoms with Crippen LogP contribution in [0.25, 0.3) is 11.1 Å². The number of rotatable bonds is 8. The van der Waals surface area contributed by atoms with Gasteiger partial charge in [0.05, 0.1) is 11.6 Å². The first-order valence-corrected chi connectivity index (χ1v) is 9.89. The minimum atomic E-state index is -0.921. The summed E-state index contributed by atoms with van der Waals surface area (Å²) in [5.74, 6) is 0.828. The van der Waals surface area contributed by atoms with E-state index in [9.17, 15) is 9.90 Å². The van der Waals surface area contributed by atoms with Crippen molar-refractivity contribution in [3.63, 3.8) is 0 Å². The number of hydrogen-bond donors (Lipinski definition) is 1. The van der Waals surface area contributed by atoms with Crippen molar-refractivity contribution in [3.05, 3.63) is 71.3 Å². The molecule has 1 atom stereocenters. The molecule has 5 heteroatoms. The molecule has 0 radical (unpaired) electrons. The first-order chi connectivity index (χ1) is 13.5. The standard InChI is InChI=1S/C23H27N3O2/c1-4-9-21-24-22(26(25-21)16(3)5-2)15-17-12-13-19(20(14-17)23(27)28)18-10-7-6-8-11-18/h6-8,10-14,16H,4-5,9,15H2,1-3H3,(H,27,28). The lowest BCUT2D eigenvalue weighted by molar-refractivity contribution is 0.0697. The normalized spacial score (nSPS) is 12.1. The van der Waals surface area contributed by atoms with Crippen LogP contribution in [0.2, 0.25) is 0 Å². The van der Waals surface area contributed by atoms with Crippen LogP contribution in [0.3, 0.4) is 0 Å². The van der Waals surface area contributed by atoms with Gasteiger partial charge in [0.25, 0.3) is 0 Å². The Morgan fingerprint density at radius 1 is 1.14 bits per heavy atom. The average molecular weight is 377 g/mol. The molecule has 146 valence electrons. The fourth-order valence-corrected chi connectivity index (χ4v) is 3.31. The average Bonchev–Trinajstić information content (AvgIpc) is 3.10. The number of aromatic nitrogens is 3. The Morgan fingerprint density at radius 3 is 2.54 bits per heavy atom. The van der Waals surface area contributed by atoms with Gasteiger partial charge in [0.2, 0.25) is 0 Å². The number of aryl methyl sites for hydroxylation is 1. The number of hydrogen-bond acceptors (Lipinski definition) is 3. The Hall–Kier alpha value is -2.95. The van der Waals surface area contributed by atoms with Crippen molar-refractivity contribution in [2.24, 2.45) is 0 Å². The summed E-state index contributed by atoms with van der Waals surface area (Å²) < 4.78 is 2.00. The summed E-state index contributed by atoms with van der Waals surface area (Å²) >= 11 is 0. The second-order valence-corrected chi connectivity index (χ2v) is 7.12.